The SMILES string of the molecule is COc1cccc(CCc2ccccc2CC(=O)O)c1. The van der Waals surface area contributed by atoms with E-state index in [1.54, 1.807) is 7.11 Å². The Kier molecular flexibility index (Phi) is 4.77. The lowest BCUT2D eigenvalue weighted by molar-refractivity contribution is -0.136. The van der Waals surface area contributed by atoms with Crippen molar-refractivity contribution in [2.75, 3.05) is 7.11 Å². The normalized spacial score (nSPS) is 10.2. The summed E-state index contributed by atoms with van der Waals surface area (Å²) >= 11 is 0. The second kappa shape index (κ2) is 6.75. The Morgan fingerprint density at radius 3 is 2.50 bits per heavy atom. The molecule has 0 aliphatic carbocycles. The fraction of sp³-hybridized carbons (Fsp3) is 0.235. The van der Waals surface area contributed by atoms with Gasteiger partial charge in [0.2, 0.25) is 0 Å². The second-order valence-electron chi connectivity index (χ2n) is 4.69. The molecular formula is C17H18O3. The first-order chi connectivity index (χ1) is 9.69. The summed E-state index contributed by atoms with van der Waals surface area (Å²) in [6.07, 6.45) is 1.78. The number of carboxylic acids is 1. The molecular weight excluding hydrogens is 252 g/mol. The van der Waals surface area contributed by atoms with Gasteiger partial charge in [-0.05, 0) is 41.7 Å². The van der Waals surface area contributed by atoms with Gasteiger partial charge < -0.3 is 9.84 Å². The highest BCUT2D eigenvalue weighted by atomic mass is 16.5. The number of rotatable bonds is 6. The topological polar surface area (TPSA) is 46.5 Å². The number of hydrogen-bond donors (Lipinski definition) is 1. The average Bonchev–Trinajstić information content (AvgIpc) is 2.46. The van der Waals surface area contributed by atoms with Crippen LogP contribution in [0, 0.1) is 0 Å². The molecule has 0 aliphatic rings. The maximum absolute atomic E-state index is 10.9. The minimum Gasteiger partial charge on any atom is -0.497 e. The average molecular weight is 270 g/mol. The molecule has 1 N–H and O–H groups in total. The van der Waals surface area contributed by atoms with Gasteiger partial charge in [0.05, 0.1) is 13.5 Å². The number of aliphatic carboxylic acids is 1. The van der Waals surface area contributed by atoms with Crippen molar-refractivity contribution in [1.82, 2.24) is 0 Å². The molecule has 0 aromatic heterocycles. The first-order valence-corrected chi connectivity index (χ1v) is 6.60. The van der Waals surface area contributed by atoms with Crippen LogP contribution in [-0.2, 0) is 24.1 Å². The van der Waals surface area contributed by atoms with Crippen LogP contribution in [0.15, 0.2) is 48.5 Å². The zero-order chi connectivity index (χ0) is 14.4. The van der Waals surface area contributed by atoms with E-state index in [9.17, 15) is 4.79 Å². The van der Waals surface area contributed by atoms with E-state index in [4.69, 9.17) is 9.84 Å². The van der Waals surface area contributed by atoms with E-state index in [2.05, 4.69) is 6.07 Å². The van der Waals surface area contributed by atoms with Gasteiger partial charge in [0.1, 0.15) is 5.75 Å². The molecule has 0 heterocycles. The Morgan fingerprint density at radius 1 is 1.05 bits per heavy atom. The number of ether oxygens (including phenoxy) is 1. The number of carboxylic acid groups (broad SMARTS) is 1. The fourth-order valence-corrected chi connectivity index (χ4v) is 2.24. The largest absolute Gasteiger partial charge is 0.497 e. The van der Waals surface area contributed by atoms with Crippen LogP contribution < -0.4 is 4.74 Å². The van der Waals surface area contributed by atoms with Crippen molar-refractivity contribution in [3.8, 4) is 5.75 Å². The van der Waals surface area contributed by atoms with Crippen LogP contribution in [0.25, 0.3) is 0 Å². The van der Waals surface area contributed by atoms with Gasteiger partial charge in [-0.1, -0.05) is 36.4 Å². The minimum atomic E-state index is -0.793. The Hall–Kier alpha value is -2.29. The van der Waals surface area contributed by atoms with Gasteiger partial charge in [-0.3, -0.25) is 4.79 Å². The van der Waals surface area contributed by atoms with E-state index in [1.807, 2.05) is 42.5 Å². The third-order valence-corrected chi connectivity index (χ3v) is 3.28. The molecule has 0 unspecified atom stereocenters. The van der Waals surface area contributed by atoms with Crippen LogP contribution in [0.5, 0.6) is 5.75 Å². The van der Waals surface area contributed by atoms with Gasteiger partial charge in [-0.2, -0.15) is 0 Å². The molecule has 0 radical (unpaired) electrons. The summed E-state index contributed by atoms with van der Waals surface area (Å²) in [5, 5.41) is 8.93. The number of methoxy groups -OCH3 is 1. The highest BCUT2D eigenvalue weighted by Crippen LogP contribution is 2.17. The molecule has 2 aromatic rings. The molecule has 0 aliphatic heterocycles. The monoisotopic (exact) mass is 270 g/mol. The summed E-state index contributed by atoms with van der Waals surface area (Å²) in [5.41, 5.74) is 3.18. The molecule has 0 atom stereocenters. The van der Waals surface area contributed by atoms with Crippen LogP contribution in [0.2, 0.25) is 0 Å². The van der Waals surface area contributed by atoms with Crippen molar-refractivity contribution in [3.63, 3.8) is 0 Å². The summed E-state index contributed by atoms with van der Waals surface area (Å²) in [5.74, 6) is 0.0557. The van der Waals surface area contributed by atoms with E-state index >= 15 is 0 Å². The Morgan fingerprint density at radius 2 is 1.80 bits per heavy atom. The van der Waals surface area contributed by atoms with Gasteiger partial charge in [0, 0.05) is 0 Å². The van der Waals surface area contributed by atoms with Crippen LogP contribution in [0.4, 0.5) is 0 Å². The molecule has 2 aromatic carbocycles. The third kappa shape index (κ3) is 3.85. The minimum absolute atomic E-state index is 0.0777. The smallest absolute Gasteiger partial charge is 0.307 e. The molecule has 3 nitrogen and oxygen atoms in total. The fourth-order valence-electron chi connectivity index (χ4n) is 2.24. The van der Waals surface area contributed by atoms with E-state index in [0.29, 0.717) is 0 Å². The lowest BCUT2D eigenvalue weighted by atomic mass is 9.98. The Labute approximate surface area is 118 Å². The number of carbonyl (C=O) groups is 1. The molecule has 0 saturated carbocycles. The molecule has 104 valence electrons. The maximum Gasteiger partial charge on any atom is 0.307 e. The highest BCUT2D eigenvalue weighted by Gasteiger charge is 2.06. The number of aryl methyl sites for hydroxylation is 2. The van der Waals surface area contributed by atoms with Crippen molar-refractivity contribution in [2.24, 2.45) is 0 Å². The molecule has 2 rings (SSSR count). The summed E-state index contributed by atoms with van der Waals surface area (Å²) in [7, 11) is 1.65. The van der Waals surface area contributed by atoms with E-state index in [0.717, 1.165) is 29.7 Å². The van der Waals surface area contributed by atoms with Crippen LogP contribution in [0.3, 0.4) is 0 Å². The molecule has 20 heavy (non-hydrogen) atoms. The second-order valence-corrected chi connectivity index (χ2v) is 4.69. The summed E-state index contributed by atoms with van der Waals surface area (Å²) < 4.78 is 5.21. The first-order valence-electron chi connectivity index (χ1n) is 6.60. The molecule has 0 fully saturated rings. The Bertz CT molecular complexity index is 590. The van der Waals surface area contributed by atoms with Gasteiger partial charge >= 0.3 is 5.97 Å². The van der Waals surface area contributed by atoms with E-state index in [-0.39, 0.29) is 6.42 Å². The predicted octanol–water partition coefficient (Wildman–Crippen LogP) is 3.11. The molecule has 0 saturated heterocycles. The third-order valence-electron chi connectivity index (χ3n) is 3.28. The lowest BCUT2D eigenvalue weighted by Crippen LogP contribution is -2.04. The van der Waals surface area contributed by atoms with Gasteiger partial charge in [0.15, 0.2) is 0 Å². The summed E-state index contributed by atoms with van der Waals surface area (Å²) in [6.45, 7) is 0. The highest BCUT2D eigenvalue weighted by molar-refractivity contribution is 5.70. The standard InChI is InChI=1S/C17H18O3/c1-20-16-8-4-5-13(11-16)9-10-14-6-2-3-7-15(14)12-17(18)19/h2-8,11H,9-10,12H2,1H3,(H,18,19). The van der Waals surface area contributed by atoms with Crippen LogP contribution in [0.1, 0.15) is 16.7 Å². The van der Waals surface area contributed by atoms with E-state index < -0.39 is 5.97 Å². The Balaban J connectivity index is 2.08. The van der Waals surface area contributed by atoms with Crippen molar-refractivity contribution >= 4 is 5.97 Å². The van der Waals surface area contributed by atoms with Gasteiger partial charge in [-0.25, -0.2) is 0 Å². The maximum atomic E-state index is 10.9. The lowest BCUT2D eigenvalue weighted by Gasteiger charge is -2.08. The summed E-state index contributed by atoms with van der Waals surface area (Å²) in [4.78, 5) is 10.9. The quantitative estimate of drug-likeness (QED) is 0.877. The van der Waals surface area contributed by atoms with Crippen molar-refractivity contribution in [2.45, 2.75) is 19.3 Å². The van der Waals surface area contributed by atoms with Crippen molar-refractivity contribution in [3.05, 3.63) is 65.2 Å². The predicted molar refractivity (Wildman–Crippen MR) is 78.2 cm³/mol. The van der Waals surface area contributed by atoms with Crippen molar-refractivity contribution < 1.29 is 14.6 Å². The first kappa shape index (κ1) is 14.1. The number of benzene rings is 2. The molecule has 0 spiro atoms. The van der Waals surface area contributed by atoms with E-state index in [1.165, 1.54) is 5.56 Å². The van der Waals surface area contributed by atoms with Crippen LogP contribution in [-0.4, -0.2) is 18.2 Å². The van der Waals surface area contributed by atoms with Crippen LogP contribution >= 0.6 is 0 Å². The molecule has 0 amide bonds. The summed E-state index contributed by atoms with van der Waals surface area (Å²) in [6, 6.07) is 15.7. The molecule has 0 bridgehead atoms. The van der Waals surface area contributed by atoms with Crippen molar-refractivity contribution in [1.29, 1.82) is 0 Å². The van der Waals surface area contributed by atoms with Gasteiger partial charge in [0.25, 0.3) is 0 Å². The number of hydrogen-bond acceptors (Lipinski definition) is 2. The zero-order valence-corrected chi connectivity index (χ0v) is 11.5. The molecule has 3 heteroatoms. The zero-order valence-electron chi connectivity index (χ0n) is 11.5. The van der Waals surface area contributed by atoms with Gasteiger partial charge in [-0.15, -0.1) is 0 Å².